The average molecular weight is 289 g/mol. The molecule has 0 radical (unpaired) electrons. The lowest BCUT2D eigenvalue weighted by atomic mass is 9.96. The van der Waals surface area contributed by atoms with Crippen LogP contribution >= 0.6 is 0 Å². The van der Waals surface area contributed by atoms with Gasteiger partial charge in [-0.15, -0.1) is 0 Å². The second-order valence-corrected chi connectivity index (χ2v) is 5.31. The van der Waals surface area contributed by atoms with Crippen LogP contribution in [0.1, 0.15) is 24.8 Å². The number of piperidine rings is 1. The molecule has 21 heavy (non-hydrogen) atoms. The van der Waals surface area contributed by atoms with Crippen LogP contribution in [0.5, 0.6) is 0 Å². The second-order valence-electron chi connectivity index (χ2n) is 5.31. The van der Waals surface area contributed by atoms with Crippen molar-refractivity contribution in [1.29, 1.82) is 0 Å². The minimum absolute atomic E-state index is 0.196. The Labute approximate surface area is 126 Å². The topological polar surface area (TPSA) is 49.8 Å². The summed E-state index contributed by atoms with van der Waals surface area (Å²) in [5.74, 6) is 0.509. The van der Waals surface area contributed by atoms with Crippen LogP contribution in [0.15, 0.2) is 42.5 Å². The van der Waals surface area contributed by atoms with E-state index in [1.165, 1.54) is 0 Å². The minimum atomic E-state index is -0.225. The maximum atomic E-state index is 12.0. The summed E-state index contributed by atoms with van der Waals surface area (Å²) in [5.41, 5.74) is 1.01. The smallest absolute Gasteiger partial charge is 0.410 e. The van der Waals surface area contributed by atoms with E-state index in [1.807, 2.05) is 36.4 Å². The molecule has 0 aromatic heterocycles. The van der Waals surface area contributed by atoms with Crippen molar-refractivity contribution in [3.8, 4) is 0 Å². The fourth-order valence-electron chi connectivity index (χ4n) is 2.45. The maximum absolute atomic E-state index is 12.0. The molecule has 114 valence electrons. The lowest BCUT2D eigenvalue weighted by Gasteiger charge is -2.30. The van der Waals surface area contributed by atoms with Crippen molar-refractivity contribution in [3.63, 3.8) is 0 Å². The minimum Gasteiger partial charge on any atom is -0.445 e. The van der Waals surface area contributed by atoms with Crippen LogP contribution in [0.4, 0.5) is 4.79 Å². The molecule has 1 amide bonds. The molecule has 4 heteroatoms. The zero-order valence-corrected chi connectivity index (χ0v) is 12.3. The third kappa shape index (κ3) is 5.23. The molecule has 1 N–H and O–H groups in total. The van der Waals surface area contributed by atoms with Crippen LogP contribution in [-0.4, -0.2) is 35.8 Å². The van der Waals surface area contributed by atoms with Crippen molar-refractivity contribution in [2.24, 2.45) is 5.92 Å². The summed E-state index contributed by atoms with van der Waals surface area (Å²) in [6.07, 6.45) is 6.58. The summed E-state index contributed by atoms with van der Waals surface area (Å²) in [4.78, 5) is 13.8. The predicted octanol–water partition coefficient (Wildman–Crippen LogP) is 2.97. The highest BCUT2D eigenvalue weighted by molar-refractivity contribution is 5.67. The van der Waals surface area contributed by atoms with Gasteiger partial charge in [-0.3, -0.25) is 0 Å². The maximum Gasteiger partial charge on any atom is 0.410 e. The number of nitrogens with zero attached hydrogens (tertiary/aromatic N) is 1. The summed E-state index contributed by atoms with van der Waals surface area (Å²) in [5, 5.41) is 8.74. The Hall–Kier alpha value is -1.81. The van der Waals surface area contributed by atoms with Gasteiger partial charge in [0.1, 0.15) is 6.61 Å². The lowest BCUT2D eigenvalue weighted by Crippen LogP contribution is -2.38. The molecule has 1 heterocycles. The van der Waals surface area contributed by atoms with E-state index in [4.69, 9.17) is 9.84 Å². The Morgan fingerprint density at radius 2 is 2.00 bits per heavy atom. The van der Waals surface area contributed by atoms with Crippen molar-refractivity contribution in [1.82, 2.24) is 4.90 Å². The molecule has 1 aromatic rings. The zero-order chi connectivity index (χ0) is 14.9. The number of carbonyl (C=O) groups excluding carboxylic acids is 1. The van der Waals surface area contributed by atoms with Gasteiger partial charge in [0.15, 0.2) is 0 Å². The van der Waals surface area contributed by atoms with Gasteiger partial charge in [0.25, 0.3) is 0 Å². The van der Waals surface area contributed by atoms with Gasteiger partial charge in [0, 0.05) is 19.7 Å². The number of rotatable bonds is 5. The highest BCUT2D eigenvalue weighted by Gasteiger charge is 2.22. The molecule has 0 saturated carbocycles. The molecule has 1 aromatic carbocycles. The van der Waals surface area contributed by atoms with Crippen molar-refractivity contribution >= 4 is 6.09 Å². The van der Waals surface area contributed by atoms with E-state index in [9.17, 15) is 4.79 Å². The second kappa shape index (κ2) is 8.47. The zero-order valence-electron chi connectivity index (χ0n) is 12.3. The number of ether oxygens (including phenoxy) is 1. The highest BCUT2D eigenvalue weighted by Crippen LogP contribution is 2.19. The number of hydrogen-bond acceptors (Lipinski definition) is 3. The molecule has 1 aliphatic heterocycles. The standard InChI is InChI=1S/C17H23NO3/c19-13-5-4-6-15-9-11-18(12-10-15)17(20)21-14-16-7-2-1-3-8-16/h1-4,6-8,15,19H,5,9-14H2/b6-4+. The molecule has 0 bridgehead atoms. The van der Waals surface area contributed by atoms with Crippen molar-refractivity contribution in [3.05, 3.63) is 48.0 Å². The molecule has 1 saturated heterocycles. The fourth-order valence-corrected chi connectivity index (χ4v) is 2.45. The van der Waals surface area contributed by atoms with Gasteiger partial charge in [-0.1, -0.05) is 42.5 Å². The van der Waals surface area contributed by atoms with Crippen LogP contribution in [-0.2, 0) is 11.3 Å². The van der Waals surface area contributed by atoms with E-state index in [2.05, 4.69) is 6.08 Å². The number of benzene rings is 1. The molecule has 2 rings (SSSR count). The highest BCUT2D eigenvalue weighted by atomic mass is 16.6. The van der Waals surface area contributed by atoms with Crippen molar-refractivity contribution in [2.75, 3.05) is 19.7 Å². The van der Waals surface area contributed by atoms with Crippen LogP contribution in [0.25, 0.3) is 0 Å². The number of allylic oxidation sites excluding steroid dienone is 1. The van der Waals surface area contributed by atoms with Gasteiger partial charge in [0.05, 0.1) is 0 Å². The van der Waals surface area contributed by atoms with Crippen LogP contribution in [0.3, 0.4) is 0 Å². The summed E-state index contributed by atoms with van der Waals surface area (Å²) >= 11 is 0. The molecule has 0 unspecified atom stereocenters. The van der Waals surface area contributed by atoms with Gasteiger partial charge in [-0.2, -0.15) is 0 Å². The van der Waals surface area contributed by atoms with Gasteiger partial charge in [-0.25, -0.2) is 4.79 Å². The van der Waals surface area contributed by atoms with E-state index < -0.39 is 0 Å². The number of aliphatic hydroxyl groups excluding tert-OH is 1. The third-order valence-corrected chi connectivity index (χ3v) is 3.71. The number of aliphatic hydroxyl groups is 1. The Morgan fingerprint density at radius 3 is 2.67 bits per heavy atom. The van der Waals surface area contributed by atoms with E-state index in [0.29, 0.717) is 18.9 Å². The van der Waals surface area contributed by atoms with Crippen LogP contribution < -0.4 is 0 Å². The Morgan fingerprint density at radius 1 is 1.29 bits per heavy atom. The number of carbonyl (C=O) groups is 1. The largest absolute Gasteiger partial charge is 0.445 e. The van der Waals surface area contributed by atoms with Gasteiger partial charge in [0.2, 0.25) is 0 Å². The first-order valence-corrected chi connectivity index (χ1v) is 7.52. The number of likely N-dealkylation sites (tertiary alicyclic amines) is 1. The van der Waals surface area contributed by atoms with Gasteiger partial charge >= 0.3 is 6.09 Å². The molecule has 0 aliphatic carbocycles. The molecule has 1 fully saturated rings. The number of hydrogen-bond donors (Lipinski definition) is 1. The van der Waals surface area contributed by atoms with E-state index in [1.54, 1.807) is 4.90 Å². The predicted molar refractivity (Wildman–Crippen MR) is 81.8 cm³/mol. The first kappa shape index (κ1) is 15.6. The Balaban J connectivity index is 1.70. The summed E-state index contributed by atoms with van der Waals surface area (Å²) in [6, 6.07) is 9.72. The molecule has 0 atom stereocenters. The fraction of sp³-hybridized carbons (Fsp3) is 0.471. The quantitative estimate of drug-likeness (QED) is 0.848. The van der Waals surface area contributed by atoms with Crippen molar-refractivity contribution in [2.45, 2.75) is 25.9 Å². The molecular formula is C17H23NO3. The number of amides is 1. The first-order valence-electron chi connectivity index (χ1n) is 7.52. The van der Waals surface area contributed by atoms with Crippen LogP contribution in [0, 0.1) is 5.92 Å². The van der Waals surface area contributed by atoms with Gasteiger partial charge in [-0.05, 0) is 30.7 Å². The lowest BCUT2D eigenvalue weighted by molar-refractivity contribution is 0.0854. The Kier molecular flexibility index (Phi) is 6.28. The monoisotopic (exact) mass is 289 g/mol. The Bertz CT molecular complexity index is 450. The first-order chi connectivity index (χ1) is 10.3. The van der Waals surface area contributed by atoms with Crippen molar-refractivity contribution < 1.29 is 14.6 Å². The normalized spacial score (nSPS) is 16.3. The van der Waals surface area contributed by atoms with E-state index in [-0.39, 0.29) is 12.7 Å². The summed E-state index contributed by atoms with van der Waals surface area (Å²) < 4.78 is 5.34. The van der Waals surface area contributed by atoms with E-state index >= 15 is 0 Å². The van der Waals surface area contributed by atoms with Crippen LogP contribution in [0.2, 0.25) is 0 Å². The summed E-state index contributed by atoms with van der Waals surface area (Å²) in [6.45, 7) is 2.00. The molecular weight excluding hydrogens is 266 g/mol. The molecule has 4 nitrogen and oxygen atoms in total. The molecule has 1 aliphatic rings. The molecule has 0 spiro atoms. The van der Waals surface area contributed by atoms with E-state index in [0.717, 1.165) is 31.5 Å². The average Bonchev–Trinajstić information content (AvgIpc) is 2.54. The SMILES string of the molecule is O=C(OCc1ccccc1)N1CCC(/C=C/CCO)CC1. The summed E-state index contributed by atoms with van der Waals surface area (Å²) in [7, 11) is 0. The third-order valence-electron chi connectivity index (χ3n) is 3.71. The van der Waals surface area contributed by atoms with Gasteiger partial charge < -0.3 is 14.7 Å².